The lowest BCUT2D eigenvalue weighted by molar-refractivity contribution is -0.126. The van der Waals surface area contributed by atoms with Gasteiger partial charge in [-0.15, -0.1) is 0 Å². The molecule has 0 aromatic carbocycles. The van der Waals surface area contributed by atoms with E-state index >= 15 is 0 Å². The van der Waals surface area contributed by atoms with E-state index in [1.54, 1.807) is 0 Å². The van der Waals surface area contributed by atoms with E-state index in [4.69, 9.17) is 5.21 Å². The normalized spacial score (nSPS) is 25.1. The molecular formula is C13H25N3O2. The Morgan fingerprint density at radius 2 is 2.33 bits per heavy atom. The number of rotatable bonds is 5. The molecule has 0 aromatic rings. The molecule has 18 heavy (non-hydrogen) atoms. The molecule has 5 nitrogen and oxygen atoms in total. The number of likely N-dealkylation sites (tertiary alicyclic amines) is 1. The van der Waals surface area contributed by atoms with E-state index in [1.165, 1.54) is 0 Å². The van der Waals surface area contributed by atoms with Crippen molar-refractivity contribution in [3.63, 3.8) is 0 Å². The highest BCUT2D eigenvalue weighted by molar-refractivity contribution is 5.88. The van der Waals surface area contributed by atoms with Crippen LogP contribution in [0, 0.1) is 5.92 Å². The minimum Gasteiger partial charge on any atom is -0.411 e. The first-order valence-corrected chi connectivity index (χ1v) is 6.86. The van der Waals surface area contributed by atoms with Crippen molar-refractivity contribution in [2.75, 3.05) is 19.6 Å². The number of amides is 1. The number of hydrogen-bond acceptors (Lipinski definition) is 4. The van der Waals surface area contributed by atoms with Gasteiger partial charge in [0, 0.05) is 32.0 Å². The van der Waals surface area contributed by atoms with Crippen molar-refractivity contribution >= 4 is 11.6 Å². The third kappa shape index (κ3) is 3.70. The van der Waals surface area contributed by atoms with E-state index < -0.39 is 0 Å². The monoisotopic (exact) mass is 255 g/mol. The van der Waals surface area contributed by atoms with E-state index in [0.29, 0.717) is 0 Å². The number of oxime groups is 1. The molecule has 0 saturated carbocycles. The van der Waals surface area contributed by atoms with E-state index in [-0.39, 0.29) is 17.9 Å². The molecule has 1 saturated heterocycles. The molecule has 2 atom stereocenters. The standard InChI is InChI=1S/C13H25N3O2/c1-4-7-14-13(17)10(3)16-8-6-12(15-18)11(5-2)9-16/h10-11,18H,4-9H2,1-3H3,(H,14,17). The van der Waals surface area contributed by atoms with Gasteiger partial charge < -0.3 is 10.5 Å². The maximum atomic E-state index is 11.9. The maximum Gasteiger partial charge on any atom is 0.237 e. The zero-order chi connectivity index (χ0) is 13.5. The largest absolute Gasteiger partial charge is 0.411 e. The summed E-state index contributed by atoms with van der Waals surface area (Å²) in [5.74, 6) is 0.362. The Hall–Kier alpha value is -1.10. The lowest BCUT2D eigenvalue weighted by Gasteiger charge is -2.36. The smallest absolute Gasteiger partial charge is 0.237 e. The lowest BCUT2D eigenvalue weighted by atomic mass is 9.92. The van der Waals surface area contributed by atoms with Crippen LogP contribution in [0.2, 0.25) is 0 Å². The predicted molar refractivity (Wildman–Crippen MR) is 72.0 cm³/mol. The van der Waals surface area contributed by atoms with Crippen LogP contribution in [-0.2, 0) is 4.79 Å². The highest BCUT2D eigenvalue weighted by Gasteiger charge is 2.30. The number of piperidine rings is 1. The molecule has 1 heterocycles. The van der Waals surface area contributed by atoms with Crippen molar-refractivity contribution in [1.82, 2.24) is 10.2 Å². The van der Waals surface area contributed by atoms with Crippen LogP contribution < -0.4 is 5.32 Å². The van der Waals surface area contributed by atoms with Crippen molar-refractivity contribution in [3.05, 3.63) is 0 Å². The van der Waals surface area contributed by atoms with E-state index in [9.17, 15) is 4.79 Å². The van der Waals surface area contributed by atoms with Crippen molar-refractivity contribution in [2.45, 2.75) is 46.1 Å². The summed E-state index contributed by atoms with van der Waals surface area (Å²) in [7, 11) is 0. The summed E-state index contributed by atoms with van der Waals surface area (Å²) in [4.78, 5) is 14.1. The first-order valence-electron chi connectivity index (χ1n) is 6.86. The second kappa shape index (κ2) is 7.36. The number of hydrogen-bond donors (Lipinski definition) is 2. The Morgan fingerprint density at radius 3 is 2.89 bits per heavy atom. The first kappa shape index (κ1) is 15.0. The number of carbonyl (C=O) groups is 1. The van der Waals surface area contributed by atoms with E-state index in [2.05, 4.69) is 22.3 Å². The summed E-state index contributed by atoms with van der Waals surface area (Å²) >= 11 is 0. The first-order chi connectivity index (χ1) is 8.63. The van der Waals surface area contributed by atoms with E-state index in [1.807, 2.05) is 13.8 Å². The van der Waals surface area contributed by atoms with Crippen LogP contribution in [0.25, 0.3) is 0 Å². The molecule has 0 bridgehead atoms. The average molecular weight is 255 g/mol. The fraction of sp³-hybridized carbons (Fsp3) is 0.846. The minimum atomic E-state index is -0.106. The van der Waals surface area contributed by atoms with Gasteiger partial charge in [-0.1, -0.05) is 19.0 Å². The molecule has 2 N–H and O–H groups in total. The Labute approximate surface area is 109 Å². The molecule has 1 aliphatic rings. The fourth-order valence-corrected chi connectivity index (χ4v) is 2.35. The third-order valence-electron chi connectivity index (χ3n) is 3.68. The van der Waals surface area contributed by atoms with Crippen molar-refractivity contribution < 1.29 is 10.0 Å². The van der Waals surface area contributed by atoms with Gasteiger partial charge in [0.2, 0.25) is 5.91 Å². The van der Waals surface area contributed by atoms with E-state index in [0.717, 1.165) is 44.6 Å². The molecule has 5 heteroatoms. The predicted octanol–water partition coefficient (Wildman–Crippen LogP) is 1.46. The third-order valence-corrected chi connectivity index (χ3v) is 3.68. The van der Waals surface area contributed by atoms with Crippen molar-refractivity contribution in [3.8, 4) is 0 Å². The van der Waals surface area contributed by atoms with Gasteiger partial charge in [0.1, 0.15) is 0 Å². The molecule has 104 valence electrons. The Bertz CT molecular complexity index is 305. The van der Waals surface area contributed by atoms with Crippen molar-refractivity contribution in [1.29, 1.82) is 0 Å². The summed E-state index contributed by atoms with van der Waals surface area (Å²) in [5.41, 5.74) is 0.870. The van der Waals surface area contributed by atoms with Crippen LogP contribution in [0.3, 0.4) is 0 Å². The van der Waals surface area contributed by atoms with Gasteiger partial charge >= 0.3 is 0 Å². The van der Waals surface area contributed by atoms with Crippen molar-refractivity contribution in [2.24, 2.45) is 11.1 Å². The highest BCUT2D eigenvalue weighted by Crippen LogP contribution is 2.19. The maximum absolute atomic E-state index is 11.9. The summed E-state index contributed by atoms with van der Waals surface area (Å²) in [6.07, 6.45) is 2.65. The molecule has 1 rings (SSSR count). The highest BCUT2D eigenvalue weighted by atomic mass is 16.4. The lowest BCUT2D eigenvalue weighted by Crippen LogP contribution is -2.51. The molecule has 1 amide bonds. The summed E-state index contributed by atoms with van der Waals surface area (Å²) in [5, 5.41) is 15.2. The molecular weight excluding hydrogens is 230 g/mol. The summed E-state index contributed by atoms with van der Waals surface area (Å²) in [6, 6.07) is -0.106. The van der Waals surface area contributed by atoms with Gasteiger partial charge in [-0.25, -0.2) is 0 Å². The molecule has 1 aliphatic heterocycles. The molecule has 0 aliphatic carbocycles. The molecule has 1 fully saturated rings. The van der Waals surface area contributed by atoms with Gasteiger partial charge in [0.05, 0.1) is 11.8 Å². The Balaban J connectivity index is 2.55. The number of nitrogens with one attached hydrogen (secondary N) is 1. The second-order valence-electron chi connectivity index (χ2n) is 4.91. The second-order valence-corrected chi connectivity index (χ2v) is 4.91. The molecule has 0 aromatic heterocycles. The van der Waals surface area contributed by atoms with Gasteiger partial charge in [0.15, 0.2) is 0 Å². The van der Waals surface area contributed by atoms with Gasteiger partial charge in [-0.2, -0.15) is 0 Å². The summed E-state index contributed by atoms with van der Waals surface area (Å²) in [6.45, 7) is 8.40. The topological polar surface area (TPSA) is 64.9 Å². The Morgan fingerprint density at radius 1 is 1.61 bits per heavy atom. The zero-order valence-electron chi connectivity index (χ0n) is 11.6. The quantitative estimate of drug-likeness (QED) is 0.577. The van der Waals surface area contributed by atoms with Crippen LogP contribution in [0.1, 0.15) is 40.0 Å². The number of nitrogens with zero attached hydrogens (tertiary/aromatic N) is 2. The zero-order valence-corrected chi connectivity index (χ0v) is 11.6. The van der Waals surface area contributed by atoms with Gasteiger partial charge in [0.25, 0.3) is 0 Å². The van der Waals surface area contributed by atoms with Crippen LogP contribution in [0.5, 0.6) is 0 Å². The fourth-order valence-electron chi connectivity index (χ4n) is 2.35. The Kier molecular flexibility index (Phi) is 6.12. The minimum absolute atomic E-state index is 0.0936. The molecule has 0 spiro atoms. The number of carbonyl (C=O) groups excluding carboxylic acids is 1. The molecule has 0 radical (unpaired) electrons. The van der Waals surface area contributed by atoms with Gasteiger partial charge in [-0.3, -0.25) is 9.69 Å². The molecule has 2 unspecified atom stereocenters. The van der Waals surface area contributed by atoms with Crippen LogP contribution in [0.4, 0.5) is 0 Å². The van der Waals surface area contributed by atoms with Crippen LogP contribution in [-0.4, -0.2) is 47.4 Å². The SMILES string of the molecule is CCCNC(=O)C(C)N1CCC(=NO)C(CC)C1. The van der Waals surface area contributed by atoms with Crippen LogP contribution >= 0.6 is 0 Å². The van der Waals surface area contributed by atoms with Gasteiger partial charge in [-0.05, 0) is 19.8 Å². The average Bonchev–Trinajstić information content (AvgIpc) is 2.42. The summed E-state index contributed by atoms with van der Waals surface area (Å²) < 4.78 is 0. The van der Waals surface area contributed by atoms with Crippen LogP contribution in [0.15, 0.2) is 5.16 Å².